The number of allylic oxidation sites excluding steroid dienone is 3. The van der Waals surface area contributed by atoms with Crippen LogP contribution in [-0.2, 0) is 4.79 Å². The molecule has 0 aromatic carbocycles. The first-order valence-corrected chi connectivity index (χ1v) is 3.94. The van der Waals surface area contributed by atoms with Gasteiger partial charge in [-0.1, -0.05) is 25.2 Å². The smallest absolute Gasteiger partial charge is 0.158 e. The van der Waals surface area contributed by atoms with Gasteiger partial charge in [-0.2, -0.15) is 0 Å². The summed E-state index contributed by atoms with van der Waals surface area (Å²) in [6.45, 7) is 9.48. The molecule has 0 heterocycles. The number of Topliss-reactive ketones (excluding diaryl/α,β-unsaturated/α-hetero) is 1. The van der Waals surface area contributed by atoms with E-state index >= 15 is 0 Å². The molecule has 0 unspecified atom stereocenters. The average molecular weight is 152 g/mol. The first kappa shape index (κ1) is 10.2. The summed E-state index contributed by atoms with van der Waals surface area (Å²) in [6, 6.07) is 0. The van der Waals surface area contributed by atoms with Gasteiger partial charge in [0.25, 0.3) is 0 Å². The van der Waals surface area contributed by atoms with Gasteiger partial charge >= 0.3 is 0 Å². The third-order valence-corrected chi connectivity index (χ3v) is 1.52. The summed E-state index contributed by atoms with van der Waals surface area (Å²) in [5.74, 6) is 0.232. The van der Waals surface area contributed by atoms with Crippen molar-refractivity contribution in [2.75, 3.05) is 0 Å². The number of ketones is 1. The van der Waals surface area contributed by atoms with Gasteiger partial charge in [-0.3, -0.25) is 4.79 Å². The molecule has 0 N–H and O–H groups in total. The quantitative estimate of drug-likeness (QED) is 0.447. The Bertz CT molecular complexity index is 187. The summed E-state index contributed by atoms with van der Waals surface area (Å²) in [5, 5.41) is 0. The van der Waals surface area contributed by atoms with Gasteiger partial charge in [0.2, 0.25) is 0 Å². The highest BCUT2D eigenvalue weighted by Gasteiger charge is 2.04. The van der Waals surface area contributed by atoms with Crippen LogP contribution in [0.15, 0.2) is 23.8 Å². The summed E-state index contributed by atoms with van der Waals surface area (Å²) in [5.41, 5.74) is 1.93. The lowest BCUT2D eigenvalue weighted by atomic mass is 10.0. The van der Waals surface area contributed by atoms with Crippen LogP contribution in [0.2, 0.25) is 0 Å². The molecule has 0 fully saturated rings. The summed E-state index contributed by atoms with van der Waals surface area (Å²) >= 11 is 0. The van der Waals surface area contributed by atoms with Crippen molar-refractivity contribution in [3.63, 3.8) is 0 Å². The van der Waals surface area contributed by atoms with Gasteiger partial charge < -0.3 is 0 Å². The maximum Gasteiger partial charge on any atom is 0.158 e. The molecule has 0 radical (unpaired) electrons. The van der Waals surface area contributed by atoms with E-state index in [0.717, 1.165) is 17.6 Å². The maximum atomic E-state index is 11.2. The van der Waals surface area contributed by atoms with Crippen molar-refractivity contribution in [2.45, 2.75) is 33.6 Å². The molecule has 0 aliphatic carbocycles. The zero-order chi connectivity index (χ0) is 8.85. The van der Waals surface area contributed by atoms with Crippen molar-refractivity contribution in [3.05, 3.63) is 23.8 Å². The minimum absolute atomic E-state index is 0.232. The van der Waals surface area contributed by atoms with E-state index in [1.165, 1.54) is 0 Å². The molecule has 0 saturated carbocycles. The molecule has 0 aliphatic heterocycles. The molecule has 0 saturated heterocycles. The number of rotatable bonds is 4. The van der Waals surface area contributed by atoms with Gasteiger partial charge in [0.1, 0.15) is 0 Å². The van der Waals surface area contributed by atoms with Gasteiger partial charge in [-0.15, -0.1) is 0 Å². The van der Waals surface area contributed by atoms with Gasteiger partial charge in [0.15, 0.2) is 5.78 Å². The molecule has 0 aromatic rings. The second-order valence-corrected chi connectivity index (χ2v) is 2.72. The molecule has 11 heavy (non-hydrogen) atoms. The van der Waals surface area contributed by atoms with Crippen LogP contribution < -0.4 is 0 Å². The molecule has 62 valence electrons. The second kappa shape index (κ2) is 4.89. The van der Waals surface area contributed by atoms with E-state index in [1.807, 2.05) is 26.8 Å². The predicted octanol–water partition coefficient (Wildman–Crippen LogP) is 2.88. The van der Waals surface area contributed by atoms with Gasteiger partial charge in [-0.25, -0.2) is 0 Å². The summed E-state index contributed by atoms with van der Waals surface area (Å²) in [6.07, 6.45) is 3.19. The summed E-state index contributed by atoms with van der Waals surface area (Å²) < 4.78 is 0. The highest BCUT2D eigenvalue weighted by molar-refractivity contribution is 5.95. The molecule has 0 atom stereocenters. The van der Waals surface area contributed by atoms with Crippen molar-refractivity contribution in [1.82, 2.24) is 0 Å². The van der Waals surface area contributed by atoms with E-state index < -0.39 is 0 Å². The molecule has 0 spiro atoms. The fraction of sp³-hybridized carbons (Fsp3) is 0.500. The molecule has 0 rings (SSSR count). The van der Waals surface area contributed by atoms with Crippen LogP contribution >= 0.6 is 0 Å². The number of hydrogen-bond acceptors (Lipinski definition) is 1. The lowest BCUT2D eigenvalue weighted by Gasteiger charge is -2.02. The Labute approximate surface area is 68.8 Å². The lowest BCUT2D eigenvalue weighted by molar-refractivity contribution is -0.115. The van der Waals surface area contributed by atoms with E-state index in [1.54, 1.807) is 0 Å². The number of carbonyl (C=O) groups is 1. The maximum absolute atomic E-state index is 11.2. The van der Waals surface area contributed by atoms with E-state index in [4.69, 9.17) is 0 Å². The molecular weight excluding hydrogens is 136 g/mol. The van der Waals surface area contributed by atoms with Crippen molar-refractivity contribution in [2.24, 2.45) is 0 Å². The zero-order valence-corrected chi connectivity index (χ0v) is 7.61. The molecule has 0 amide bonds. The average Bonchev–Trinajstić information content (AvgIpc) is 1.98. The van der Waals surface area contributed by atoms with Gasteiger partial charge in [-0.05, 0) is 25.8 Å². The fourth-order valence-electron chi connectivity index (χ4n) is 0.914. The van der Waals surface area contributed by atoms with Crippen molar-refractivity contribution in [1.29, 1.82) is 0 Å². The SMILES string of the molecule is C=C(C)C/C(=C/C)C(=O)CC. The molecule has 0 aromatic heterocycles. The summed E-state index contributed by atoms with van der Waals surface area (Å²) in [7, 11) is 0. The van der Waals surface area contributed by atoms with Crippen LogP contribution in [0.1, 0.15) is 33.6 Å². The summed E-state index contributed by atoms with van der Waals surface area (Å²) in [4.78, 5) is 11.2. The standard InChI is InChI=1S/C10H16O/c1-5-9(7-8(3)4)10(11)6-2/h5H,3,6-7H2,1-2,4H3/b9-5-. The second-order valence-electron chi connectivity index (χ2n) is 2.72. The third kappa shape index (κ3) is 3.76. The van der Waals surface area contributed by atoms with E-state index in [2.05, 4.69) is 6.58 Å². The van der Waals surface area contributed by atoms with Crippen LogP contribution in [0.4, 0.5) is 0 Å². The van der Waals surface area contributed by atoms with E-state index in [-0.39, 0.29) is 5.78 Å². The third-order valence-electron chi connectivity index (χ3n) is 1.52. The van der Waals surface area contributed by atoms with Crippen LogP contribution in [0.3, 0.4) is 0 Å². The van der Waals surface area contributed by atoms with Crippen LogP contribution in [-0.4, -0.2) is 5.78 Å². The Kier molecular flexibility index (Phi) is 4.51. The van der Waals surface area contributed by atoms with Crippen LogP contribution in [0.25, 0.3) is 0 Å². The number of carbonyl (C=O) groups excluding carboxylic acids is 1. The molecule has 1 nitrogen and oxygen atoms in total. The van der Waals surface area contributed by atoms with E-state index in [9.17, 15) is 4.79 Å². The van der Waals surface area contributed by atoms with Crippen molar-refractivity contribution in [3.8, 4) is 0 Å². The largest absolute Gasteiger partial charge is 0.295 e. The van der Waals surface area contributed by atoms with Crippen LogP contribution in [0, 0.1) is 0 Å². The number of hydrogen-bond donors (Lipinski definition) is 0. The van der Waals surface area contributed by atoms with Crippen LogP contribution in [0.5, 0.6) is 0 Å². The lowest BCUT2D eigenvalue weighted by Crippen LogP contribution is -2.00. The fourth-order valence-corrected chi connectivity index (χ4v) is 0.914. The van der Waals surface area contributed by atoms with Gasteiger partial charge in [0, 0.05) is 6.42 Å². The Morgan fingerprint density at radius 3 is 2.36 bits per heavy atom. The Morgan fingerprint density at radius 1 is 1.55 bits per heavy atom. The van der Waals surface area contributed by atoms with E-state index in [0.29, 0.717) is 6.42 Å². The topological polar surface area (TPSA) is 17.1 Å². The van der Waals surface area contributed by atoms with Crippen molar-refractivity contribution >= 4 is 5.78 Å². The Morgan fingerprint density at radius 2 is 2.09 bits per heavy atom. The van der Waals surface area contributed by atoms with Crippen molar-refractivity contribution < 1.29 is 4.79 Å². The first-order valence-electron chi connectivity index (χ1n) is 3.94. The minimum atomic E-state index is 0.232. The highest BCUT2D eigenvalue weighted by atomic mass is 16.1. The minimum Gasteiger partial charge on any atom is -0.295 e. The first-order chi connectivity index (χ1) is 5.11. The molecule has 0 aliphatic rings. The highest BCUT2D eigenvalue weighted by Crippen LogP contribution is 2.10. The molecule has 0 bridgehead atoms. The van der Waals surface area contributed by atoms with Gasteiger partial charge in [0.05, 0.1) is 0 Å². The molecule has 1 heteroatoms. The molecular formula is C10H16O. The predicted molar refractivity (Wildman–Crippen MR) is 48.5 cm³/mol. The Balaban J connectivity index is 4.20. The zero-order valence-electron chi connectivity index (χ0n) is 7.61. The monoisotopic (exact) mass is 152 g/mol. The normalized spacial score (nSPS) is 11.4. The Hall–Kier alpha value is -0.850.